The van der Waals surface area contributed by atoms with Gasteiger partial charge in [-0.05, 0) is 48.0 Å². The summed E-state index contributed by atoms with van der Waals surface area (Å²) in [5, 5.41) is 3.71. The third kappa shape index (κ3) is 2.80. The first-order valence-corrected chi connectivity index (χ1v) is 7.92. The monoisotopic (exact) mass is 360 g/mol. The summed E-state index contributed by atoms with van der Waals surface area (Å²) in [7, 11) is -2.23. The Morgan fingerprint density at radius 3 is 2.55 bits per heavy atom. The third-order valence-corrected chi connectivity index (χ3v) is 4.77. The second-order valence-corrected chi connectivity index (χ2v) is 6.66. The second-order valence-electron chi connectivity index (χ2n) is 4.12. The van der Waals surface area contributed by atoms with E-state index in [1.165, 1.54) is 19.2 Å². The van der Waals surface area contributed by atoms with Gasteiger partial charge in [0.15, 0.2) is 0 Å². The number of aromatic nitrogens is 1. The minimum Gasteiger partial charge on any atom is -0.496 e. The van der Waals surface area contributed by atoms with E-state index in [-0.39, 0.29) is 10.8 Å². The lowest BCUT2D eigenvalue weighted by molar-refractivity contribution is 0.411. The fourth-order valence-corrected chi connectivity index (χ4v) is 3.27. The number of sulfonamides is 1. The lowest BCUT2D eigenvalue weighted by atomic mass is 10.3. The number of aryl methyl sites for hydroxylation is 1. The summed E-state index contributed by atoms with van der Waals surface area (Å²) >= 11 is 3.25. The Morgan fingerprint density at radius 1 is 1.35 bits per heavy atom. The van der Waals surface area contributed by atoms with Crippen molar-refractivity contribution in [3.05, 3.63) is 33.9 Å². The van der Waals surface area contributed by atoms with Gasteiger partial charge in [-0.3, -0.25) is 0 Å². The first kappa shape index (κ1) is 14.9. The molecule has 0 atom stereocenters. The smallest absolute Gasteiger partial charge is 0.264 e. The van der Waals surface area contributed by atoms with Crippen LogP contribution in [0, 0.1) is 13.8 Å². The molecular formula is C12H13BrN2O4S. The van der Waals surface area contributed by atoms with Gasteiger partial charge in [-0.2, -0.15) is 0 Å². The molecule has 0 aliphatic heterocycles. The van der Waals surface area contributed by atoms with Crippen molar-refractivity contribution in [3.63, 3.8) is 0 Å². The molecule has 6 nitrogen and oxygen atoms in total. The normalized spacial score (nSPS) is 11.4. The summed E-state index contributed by atoms with van der Waals surface area (Å²) in [5.41, 5.74) is 1.29. The molecule has 0 saturated heterocycles. The zero-order valence-electron chi connectivity index (χ0n) is 11.1. The average Bonchev–Trinajstić information content (AvgIpc) is 2.70. The van der Waals surface area contributed by atoms with Crippen LogP contribution in [0.5, 0.6) is 5.75 Å². The first-order chi connectivity index (χ1) is 9.35. The van der Waals surface area contributed by atoms with Crippen LogP contribution >= 0.6 is 15.9 Å². The predicted molar refractivity (Wildman–Crippen MR) is 77.5 cm³/mol. The molecule has 108 valence electrons. The van der Waals surface area contributed by atoms with Crippen molar-refractivity contribution in [2.75, 3.05) is 11.8 Å². The number of halogens is 1. The molecule has 0 bridgehead atoms. The highest BCUT2D eigenvalue weighted by atomic mass is 79.9. The van der Waals surface area contributed by atoms with Gasteiger partial charge in [0.2, 0.25) is 5.88 Å². The number of ether oxygens (including phenoxy) is 1. The van der Waals surface area contributed by atoms with Crippen LogP contribution in [0.3, 0.4) is 0 Å². The van der Waals surface area contributed by atoms with Crippen LogP contribution in [-0.2, 0) is 10.0 Å². The van der Waals surface area contributed by atoms with Gasteiger partial charge in [0.1, 0.15) is 5.75 Å². The molecule has 0 radical (unpaired) electrons. The lowest BCUT2D eigenvalue weighted by Gasteiger charge is -2.08. The Kier molecular flexibility index (Phi) is 4.05. The molecule has 8 heteroatoms. The van der Waals surface area contributed by atoms with Crippen LogP contribution in [0.1, 0.15) is 11.3 Å². The number of hydrogen-bond acceptors (Lipinski definition) is 5. The fraction of sp³-hybridized carbons (Fsp3) is 0.250. The number of rotatable bonds is 4. The molecule has 2 rings (SSSR count). The van der Waals surface area contributed by atoms with Crippen molar-refractivity contribution in [3.8, 4) is 5.75 Å². The van der Waals surface area contributed by atoms with Gasteiger partial charge >= 0.3 is 0 Å². The summed E-state index contributed by atoms with van der Waals surface area (Å²) in [6.45, 7) is 3.47. The number of benzene rings is 1. The van der Waals surface area contributed by atoms with E-state index in [2.05, 4.69) is 25.8 Å². The highest BCUT2D eigenvalue weighted by Crippen LogP contribution is 2.29. The number of anilines is 1. The Balaban J connectivity index is 2.36. The van der Waals surface area contributed by atoms with E-state index >= 15 is 0 Å². The maximum absolute atomic E-state index is 12.3. The van der Waals surface area contributed by atoms with Crippen LogP contribution in [0.4, 0.5) is 5.88 Å². The van der Waals surface area contributed by atoms with Gasteiger partial charge in [0.05, 0.1) is 22.2 Å². The van der Waals surface area contributed by atoms with E-state index in [4.69, 9.17) is 9.26 Å². The van der Waals surface area contributed by atoms with Crippen LogP contribution in [0.25, 0.3) is 0 Å². The van der Waals surface area contributed by atoms with Crippen LogP contribution in [0.15, 0.2) is 32.1 Å². The molecule has 0 fully saturated rings. The van der Waals surface area contributed by atoms with Crippen molar-refractivity contribution in [1.82, 2.24) is 5.16 Å². The van der Waals surface area contributed by atoms with Gasteiger partial charge in [-0.15, -0.1) is 0 Å². The van der Waals surface area contributed by atoms with Gasteiger partial charge in [0.25, 0.3) is 10.0 Å². The minimum absolute atomic E-state index is 0.0960. The van der Waals surface area contributed by atoms with Crippen molar-refractivity contribution >= 4 is 31.8 Å². The molecule has 0 aliphatic carbocycles. The quantitative estimate of drug-likeness (QED) is 0.906. The molecule has 2 aromatic rings. The maximum Gasteiger partial charge on any atom is 0.264 e. The maximum atomic E-state index is 12.3. The van der Waals surface area contributed by atoms with Crippen molar-refractivity contribution in [2.45, 2.75) is 18.7 Å². The molecule has 0 aliphatic rings. The molecule has 1 N–H and O–H groups in total. The molecule has 0 amide bonds. The molecule has 0 saturated carbocycles. The zero-order valence-corrected chi connectivity index (χ0v) is 13.5. The van der Waals surface area contributed by atoms with Crippen molar-refractivity contribution < 1.29 is 17.7 Å². The summed E-state index contributed by atoms with van der Waals surface area (Å²) in [6, 6.07) is 4.47. The highest BCUT2D eigenvalue weighted by molar-refractivity contribution is 9.10. The lowest BCUT2D eigenvalue weighted by Crippen LogP contribution is -2.13. The largest absolute Gasteiger partial charge is 0.496 e. The SMILES string of the molecule is COc1ccc(S(=O)(=O)Nc2onc(C)c2C)cc1Br. The molecule has 1 aromatic heterocycles. The van der Waals surface area contributed by atoms with Gasteiger partial charge in [0, 0.05) is 5.56 Å². The summed E-state index contributed by atoms with van der Waals surface area (Å²) in [6.07, 6.45) is 0. The minimum atomic E-state index is -3.74. The molecule has 20 heavy (non-hydrogen) atoms. The van der Waals surface area contributed by atoms with E-state index < -0.39 is 10.0 Å². The number of nitrogens with zero attached hydrogens (tertiary/aromatic N) is 1. The standard InChI is InChI=1S/C12H13BrN2O4S/c1-7-8(2)14-19-12(7)15-20(16,17)9-4-5-11(18-3)10(13)6-9/h4-6,15H,1-3H3. The predicted octanol–water partition coefficient (Wildman–Crippen LogP) is 2.86. The Labute approximate surface area is 125 Å². The fourth-order valence-electron chi connectivity index (χ4n) is 1.51. The van der Waals surface area contributed by atoms with E-state index in [1.54, 1.807) is 19.9 Å². The summed E-state index contributed by atoms with van der Waals surface area (Å²) in [5.74, 6) is 0.671. The zero-order chi connectivity index (χ0) is 14.9. The molecule has 1 heterocycles. The van der Waals surface area contributed by atoms with Crippen molar-refractivity contribution in [1.29, 1.82) is 0 Å². The molecule has 1 aromatic carbocycles. The van der Waals surface area contributed by atoms with Crippen LogP contribution in [-0.4, -0.2) is 20.7 Å². The number of nitrogens with one attached hydrogen (secondary N) is 1. The van der Waals surface area contributed by atoms with E-state index in [1.807, 2.05) is 0 Å². The third-order valence-electron chi connectivity index (χ3n) is 2.82. The van der Waals surface area contributed by atoms with E-state index in [0.717, 1.165) is 0 Å². The Bertz CT molecular complexity index is 740. The molecule has 0 spiro atoms. The van der Waals surface area contributed by atoms with Gasteiger partial charge < -0.3 is 9.26 Å². The Morgan fingerprint density at radius 2 is 2.05 bits per heavy atom. The van der Waals surface area contributed by atoms with Crippen LogP contribution in [0.2, 0.25) is 0 Å². The summed E-state index contributed by atoms with van der Waals surface area (Å²) < 4.78 is 37.4. The van der Waals surface area contributed by atoms with Gasteiger partial charge in [-0.25, -0.2) is 13.1 Å². The first-order valence-electron chi connectivity index (χ1n) is 5.64. The Hall–Kier alpha value is -1.54. The van der Waals surface area contributed by atoms with E-state index in [9.17, 15) is 8.42 Å². The average molecular weight is 361 g/mol. The van der Waals surface area contributed by atoms with Gasteiger partial charge in [-0.1, -0.05) is 5.16 Å². The van der Waals surface area contributed by atoms with Crippen molar-refractivity contribution in [2.24, 2.45) is 0 Å². The van der Waals surface area contributed by atoms with Crippen LogP contribution < -0.4 is 9.46 Å². The summed E-state index contributed by atoms with van der Waals surface area (Å²) in [4.78, 5) is 0.0960. The molecule has 0 unspecified atom stereocenters. The topological polar surface area (TPSA) is 81.4 Å². The molecular weight excluding hydrogens is 348 g/mol. The number of hydrogen-bond donors (Lipinski definition) is 1. The second kappa shape index (κ2) is 5.45. The van der Waals surface area contributed by atoms with E-state index in [0.29, 0.717) is 21.5 Å². The highest BCUT2D eigenvalue weighted by Gasteiger charge is 2.20. The number of methoxy groups -OCH3 is 1.